The molecule has 1 amide bonds. The average molecular weight is 354 g/mol. The predicted octanol–water partition coefficient (Wildman–Crippen LogP) is 2.40. The zero-order valence-corrected chi connectivity index (χ0v) is 15.4. The van der Waals surface area contributed by atoms with Crippen molar-refractivity contribution in [1.82, 2.24) is 9.62 Å². The highest BCUT2D eigenvalue weighted by molar-refractivity contribution is 7.89. The molecule has 7 heteroatoms. The molecule has 0 aromatic heterocycles. The first-order valence-corrected chi connectivity index (χ1v) is 9.83. The van der Waals surface area contributed by atoms with Gasteiger partial charge in [-0.25, -0.2) is 8.42 Å². The molecule has 1 aromatic rings. The topological polar surface area (TPSA) is 75.7 Å². The van der Waals surface area contributed by atoms with Gasteiger partial charge in [0.25, 0.3) is 5.91 Å². The van der Waals surface area contributed by atoms with E-state index in [2.05, 4.69) is 5.32 Å². The number of ether oxygens (including phenoxy) is 1. The highest BCUT2D eigenvalue weighted by Gasteiger charge is 2.27. The smallest absolute Gasteiger partial charge is 0.255 e. The first kappa shape index (κ1) is 18.7. The zero-order chi connectivity index (χ0) is 17.7. The van der Waals surface area contributed by atoms with Crippen LogP contribution in [0.5, 0.6) is 5.75 Å². The van der Waals surface area contributed by atoms with Gasteiger partial charge < -0.3 is 10.1 Å². The van der Waals surface area contributed by atoms with E-state index in [1.165, 1.54) is 23.5 Å². The summed E-state index contributed by atoms with van der Waals surface area (Å²) in [4.78, 5) is 12.6. The van der Waals surface area contributed by atoms with Crippen molar-refractivity contribution >= 4 is 15.9 Å². The van der Waals surface area contributed by atoms with E-state index in [4.69, 9.17) is 4.74 Å². The molecule has 1 fully saturated rings. The number of carbonyl (C=O) groups excluding carboxylic acids is 1. The third-order valence-electron chi connectivity index (χ3n) is 4.36. The minimum absolute atomic E-state index is 0.00423. The number of sulfonamides is 1. The molecule has 0 bridgehead atoms. The molecule has 1 aliphatic rings. The van der Waals surface area contributed by atoms with Crippen molar-refractivity contribution in [2.75, 3.05) is 20.2 Å². The number of rotatable bonds is 6. The summed E-state index contributed by atoms with van der Waals surface area (Å²) in [6, 6.07) is 4.47. The van der Waals surface area contributed by atoms with Crippen molar-refractivity contribution in [2.24, 2.45) is 0 Å². The summed E-state index contributed by atoms with van der Waals surface area (Å²) < 4.78 is 32.3. The molecule has 1 saturated heterocycles. The van der Waals surface area contributed by atoms with Crippen molar-refractivity contribution in [1.29, 1.82) is 0 Å². The molecule has 0 aliphatic carbocycles. The fourth-order valence-corrected chi connectivity index (χ4v) is 4.23. The van der Waals surface area contributed by atoms with Crippen molar-refractivity contribution in [3.05, 3.63) is 23.8 Å². The quantitative estimate of drug-likeness (QED) is 0.851. The molecular weight excluding hydrogens is 328 g/mol. The van der Waals surface area contributed by atoms with E-state index < -0.39 is 10.0 Å². The molecule has 1 unspecified atom stereocenters. The Morgan fingerprint density at radius 3 is 2.54 bits per heavy atom. The number of piperidine rings is 1. The number of carbonyl (C=O) groups is 1. The van der Waals surface area contributed by atoms with Gasteiger partial charge in [-0.15, -0.1) is 0 Å². The van der Waals surface area contributed by atoms with Crippen LogP contribution in [0.25, 0.3) is 0 Å². The Kier molecular flexibility index (Phi) is 6.23. The maximum Gasteiger partial charge on any atom is 0.255 e. The summed E-state index contributed by atoms with van der Waals surface area (Å²) in [7, 11) is -2.11. The van der Waals surface area contributed by atoms with Crippen LogP contribution in [0.3, 0.4) is 0 Å². The van der Waals surface area contributed by atoms with Crippen LogP contribution >= 0.6 is 0 Å². The van der Waals surface area contributed by atoms with Gasteiger partial charge in [0.15, 0.2) is 0 Å². The number of nitrogens with zero attached hydrogens (tertiary/aromatic N) is 1. The van der Waals surface area contributed by atoms with Gasteiger partial charge in [0.05, 0.1) is 17.6 Å². The lowest BCUT2D eigenvalue weighted by molar-refractivity contribution is 0.0936. The molecule has 1 N–H and O–H groups in total. The van der Waals surface area contributed by atoms with Gasteiger partial charge in [-0.3, -0.25) is 4.79 Å². The SMILES string of the molecule is CCC(C)NC(=O)c1cc(S(=O)(=O)N2CCCCC2)ccc1OC. The van der Waals surface area contributed by atoms with Crippen molar-refractivity contribution < 1.29 is 17.9 Å². The molecule has 6 nitrogen and oxygen atoms in total. The van der Waals surface area contributed by atoms with E-state index >= 15 is 0 Å². The monoisotopic (exact) mass is 354 g/mol. The predicted molar refractivity (Wildman–Crippen MR) is 92.8 cm³/mol. The molecule has 134 valence electrons. The molecule has 1 aromatic carbocycles. The number of hydrogen-bond acceptors (Lipinski definition) is 4. The zero-order valence-electron chi connectivity index (χ0n) is 14.5. The fourth-order valence-electron chi connectivity index (χ4n) is 2.68. The molecule has 1 aliphatic heterocycles. The van der Waals surface area contributed by atoms with E-state index in [-0.39, 0.29) is 22.4 Å². The van der Waals surface area contributed by atoms with Crippen LogP contribution in [0, 0.1) is 0 Å². The van der Waals surface area contributed by atoms with Crippen LogP contribution in [-0.4, -0.2) is 44.9 Å². The van der Waals surface area contributed by atoms with Crippen LogP contribution in [0.1, 0.15) is 49.9 Å². The van der Waals surface area contributed by atoms with Gasteiger partial charge in [-0.2, -0.15) is 4.31 Å². The van der Waals surface area contributed by atoms with Gasteiger partial charge in [-0.05, 0) is 44.4 Å². The average Bonchev–Trinajstić information content (AvgIpc) is 2.61. The van der Waals surface area contributed by atoms with Crippen molar-refractivity contribution in [3.8, 4) is 5.75 Å². The van der Waals surface area contributed by atoms with E-state index in [0.717, 1.165) is 25.7 Å². The second-order valence-electron chi connectivity index (χ2n) is 6.11. The van der Waals surface area contributed by atoms with Gasteiger partial charge in [-0.1, -0.05) is 13.3 Å². The normalized spacial score (nSPS) is 17.3. The Bertz CT molecular complexity index is 682. The molecule has 0 saturated carbocycles. The first-order chi connectivity index (χ1) is 11.4. The second-order valence-corrected chi connectivity index (χ2v) is 8.05. The minimum Gasteiger partial charge on any atom is -0.496 e. The van der Waals surface area contributed by atoms with Gasteiger partial charge >= 0.3 is 0 Å². The van der Waals surface area contributed by atoms with E-state index in [9.17, 15) is 13.2 Å². The molecule has 1 heterocycles. The fraction of sp³-hybridized carbons (Fsp3) is 0.588. The maximum atomic E-state index is 12.8. The summed E-state index contributed by atoms with van der Waals surface area (Å²) >= 11 is 0. The summed E-state index contributed by atoms with van der Waals surface area (Å²) in [5, 5.41) is 2.85. The number of amides is 1. The first-order valence-electron chi connectivity index (χ1n) is 8.39. The lowest BCUT2D eigenvalue weighted by Gasteiger charge is -2.26. The standard InChI is InChI=1S/C17H26N2O4S/c1-4-13(2)18-17(20)15-12-14(8-9-16(15)23-3)24(21,22)19-10-6-5-7-11-19/h8-9,12-13H,4-7,10-11H2,1-3H3,(H,18,20). The number of benzene rings is 1. The Balaban J connectivity index is 2.35. The van der Waals surface area contributed by atoms with E-state index in [0.29, 0.717) is 18.8 Å². The third-order valence-corrected chi connectivity index (χ3v) is 6.25. The van der Waals surface area contributed by atoms with E-state index in [1.54, 1.807) is 6.07 Å². The highest BCUT2D eigenvalue weighted by Crippen LogP contribution is 2.26. The molecule has 1 atom stereocenters. The Labute approximate surface area is 144 Å². The summed E-state index contributed by atoms with van der Waals surface area (Å²) in [5.41, 5.74) is 0.246. The lowest BCUT2D eigenvalue weighted by Crippen LogP contribution is -2.36. The third kappa shape index (κ3) is 4.08. The van der Waals surface area contributed by atoms with Gasteiger partial charge in [0, 0.05) is 19.1 Å². The Morgan fingerprint density at radius 1 is 1.29 bits per heavy atom. The van der Waals surface area contributed by atoms with Crippen LogP contribution < -0.4 is 10.1 Å². The van der Waals surface area contributed by atoms with Crippen LogP contribution in [0.2, 0.25) is 0 Å². The maximum absolute atomic E-state index is 12.8. The Hall–Kier alpha value is -1.60. The van der Waals surface area contributed by atoms with Crippen LogP contribution in [-0.2, 0) is 10.0 Å². The molecule has 0 spiro atoms. The summed E-state index contributed by atoms with van der Waals surface area (Å²) in [5.74, 6) is 0.0466. The molecule has 2 rings (SSSR count). The van der Waals surface area contributed by atoms with Crippen molar-refractivity contribution in [2.45, 2.75) is 50.5 Å². The summed E-state index contributed by atoms with van der Waals surface area (Å²) in [6.07, 6.45) is 3.59. The second kappa shape index (κ2) is 7.98. The minimum atomic E-state index is -3.58. The van der Waals surface area contributed by atoms with Crippen LogP contribution in [0.15, 0.2) is 23.1 Å². The highest BCUT2D eigenvalue weighted by atomic mass is 32.2. The number of methoxy groups -OCH3 is 1. The molecule has 24 heavy (non-hydrogen) atoms. The lowest BCUT2D eigenvalue weighted by atomic mass is 10.1. The molecule has 0 radical (unpaired) electrons. The number of hydrogen-bond donors (Lipinski definition) is 1. The van der Waals surface area contributed by atoms with E-state index in [1.807, 2.05) is 13.8 Å². The van der Waals surface area contributed by atoms with Gasteiger partial charge in [0.1, 0.15) is 5.75 Å². The van der Waals surface area contributed by atoms with Crippen LogP contribution in [0.4, 0.5) is 0 Å². The van der Waals surface area contributed by atoms with Crippen molar-refractivity contribution in [3.63, 3.8) is 0 Å². The largest absolute Gasteiger partial charge is 0.496 e. The summed E-state index contributed by atoms with van der Waals surface area (Å²) in [6.45, 7) is 4.93. The van der Waals surface area contributed by atoms with Gasteiger partial charge in [0.2, 0.25) is 10.0 Å². The Morgan fingerprint density at radius 2 is 1.96 bits per heavy atom. The molecular formula is C17H26N2O4S. The number of nitrogens with one attached hydrogen (secondary N) is 1.